The Morgan fingerprint density at radius 2 is 1.58 bits per heavy atom. The van der Waals surface area contributed by atoms with E-state index >= 15 is 0 Å². The molecule has 0 aromatic heterocycles. The van der Waals surface area contributed by atoms with Gasteiger partial charge in [0.05, 0.1) is 12.2 Å². The summed E-state index contributed by atoms with van der Waals surface area (Å²) >= 11 is 0. The van der Waals surface area contributed by atoms with Gasteiger partial charge in [0.2, 0.25) is 0 Å². The quantitative estimate of drug-likeness (QED) is 0.368. The first-order valence-corrected chi connectivity index (χ1v) is 8.76. The number of nitrogens with two attached hydrogens (primary N) is 1. The smallest absolute Gasteiger partial charge is 0.340 e. The second-order valence-corrected chi connectivity index (χ2v) is 5.57. The summed E-state index contributed by atoms with van der Waals surface area (Å²) in [6.07, 6.45) is 8.64. The number of carbonyl (C=O) groups is 2. The van der Waals surface area contributed by atoms with Gasteiger partial charge in [-0.1, -0.05) is 57.6 Å². The van der Waals surface area contributed by atoms with E-state index in [9.17, 15) is 9.59 Å². The Morgan fingerprint density at radius 1 is 1.00 bits per heavy atom. The normalized spacial score (nSPS) is 9.75. The Balaban J connectivity index is 0.000000441. The molecule has 5 heteroatoms. The Labute approximate surface area is 145 Å². The van der Waals surface area contributed by atoms with E-state index in [1.807, 2.05) is 0 Å². The number of ether oxygens (including phenoxy) is 1. The maximum Gasteiger partial charge on any atom is 0.340 e. The van der Waals surface area contributed by atoms with Crippen molar-refractivity contribution in [3.63, 3.8) is 0 Å². The maximum absolute atomic E-state index is 11.2. The summed E-state index contributed by atoms with van der Waals surface area (Å²) in [5.74, 6) is -1.03. The SMILES string of the molecule is CCCCCCCCCC(=O)O.CCOC(=O)c1ccccc1N. The number of carboxylic acids is 1. The molecule has 0 aliphatic rings. The van der Waals surface area contributed by atoms with Crippen LogP contribution in [-0.4, -0.2) is 23.7 Å². The lowest BCUT2D eigenvalue weighted by Crippen LogP contribution is -2.07. The molecule has 3 N–H and O–H groups in total. The highest BCUT2D eigenvalue weighted by atomic mass is 16.5. The monoisotopic (exact) mass is 337 g/mol. The van der Waals surface area contributed by atoms with Crippen LogP contribution in [0.4, 0.5) is 5.69 Å². The molecule has 24 heavy (non-hydrogen) atoms. The maximum atomic E-state index is 11.2. The first-order valence-electron chi connectivity index (χ1n) is 8.76. The predicted molar refractivity (Wildman–Crippen MR) is 97.1 cm³/mol. The van der Waals surface area contributed by atoms with Crippen LogP contribution in [0, 0.1) is 0 Å². The summed E-state index contributed by atoms with van der Waals surface area (Å²) < 4.78 is 4.79. The molecule has 1 aromatic carbocycles. The van der Waals surface area contributed by atoms with Crippen molar-refractivity contribution < 1.29 is 19.4 Å². The van der Waals surface area contributed by atoms with Gasteiger partial charge in [-0.3, -0.25) is 4.79 Å². The third-order valence-corrected chi connectivity index (χ3v) is 3.45. The van der Waals surface area contributed by atoms with Crippen molar-refractivity contribution in [2.45, 2.75) is 65.2 Å². The fraction of sp³-hybridized carbons (Fsp3) is 0.579. The van der Waals surface area contributed by atoms with E-state index in [1.54, 1.807) is 31.2 Å². The molecule has 0 amide bonds. The van der Waals surface area contributed by atoms with Crippen LogP contribution < -0.4 is 5.73 Å². The van der Waals surface area contributed by atoms with E-state index in [-0.39, 0.29) is 5.97 Å². The summed E-state index contributed by atoms with van der Waals surface area (Å²) in [7, 11) is 0. The fourth-order valence-corrected chi connectivity index (χ4v) is 2.13. The number of aliphatic carboxylic acids is 1. The molecule has 0 saturated carbocycles. The third kappa shape index (κ3) is 11.5. The van der Waals surface area contributed by atoms with Gasteiger partial charge in [0, 0.05) is 12.1 Å². The molecule has 0 aliphatic carbocycles. The molecule has 0 heterocycles. The van der Waals surface area contributed by atoms with Crippen molar-refractivity contribution >= 4 is 17.6 Å². The Hall–Kier alpha value is -2.04. The number of unbranched alkanes of at least 4 members (excludes halogenated alkanes) is 6. The molecule has 0 spiro atoms. The Bertz CT molecular complexity index is 474. The molecule has 0 unspecified atom stereocenters. The molecule has 0 fully saturated rings. The highest BCUT2D eigenvalue weighted by Gasteiger charge is 2.08. The zero-order chi connectivity index (χ0) is 18.2. The largest absolute Gasteiger partial charge is 0.481 e. The van der Waals surface area contributed by atoms with Crippen LogP contribution in [0.5, 0.6) is 0 Å². The number of carbonyl (C=O) groups excluding carboxylic acids is 1. The first-order chi connectivity index (χ1) is 11.5. The molecule has 136 valence electrons. The first kappa shape index (κ1) is 22.0. The molecular weight excluding hydrogens is 306 g/mol. The highest BCUT2D eigenvalue weighted by Crippen LogP contribution is 2.11. The number of anilines is 1. The second kappa shape index (κ2) is 14.5. The number of esters is 1. The van der Waals surface area contributed by atoms with E-state index in [2.05, 4.69) is 6.92 Å². The molecule has 0 saturated heterocycles. The average molecular weight is 337 g/mol. The molecule has 0 bridgehead atoms. The zero-order valence-corrected chi connectivity index (χ0v) is 14.9. The predicted octanol–water partition coefficient (Wildman–Crippen LogP) is 4.66. The van der Waals surface area contributed by atoms with Crippen LogP contribution in [0.2, 0.25) is 0 Å². The molecule has 5 nitrogen and oxygen atoms in total. The van der Waals surface area contributed by atoms with Gasteiger partial charge in [-0.15, -0.1) is 0 Å². The number of rotatable bonds is 10. The third-order valence-electron chi connectivity index (χ3n) is 3.45. The van der Waals surface area contributed by atoms with Crippen LogP contribution in [0.15, 0.2) is 24.3 Å². The summed E-state index contributed by atoms with van der Waals surface area (Å²) in [5.41, 5.74) is 6.44. The van der Waals surface area contributed by atoms with Gasteiger partial charge < -0.3 is 15.6 Å². The van der Waals surface area contributed by atoms with Gasteiger partial charge in [-0.05, 0) is 25.5 Å². The molecule has 0 atom stereocenters. The zero-order valence-electron chi connectivity index (χ0n) is 14.9. The minimum atomic E-state index is -0.663. The van der Waals surface area contributed by atoms with Gasteiger partial charge in [0.15, 0.2) is 0 Å². The van der Waals surface area contributed by atoms with Crippen molar-refractivity contribution in [3.05, 3.63) is 29.8 Å². The van der Waals surface area contributed by atoms with Crippen molar-refractivity contribution in [3.8, 4) is 0 Å². The minimum absolute atomic E-state index is 0.341. The standard InChI is InChI=1S/C10H20O2.C9H11NO2/c1-2-3-4-5-6-7-8-9-10(11)12;1-2-12-9(11)7-5-3-4-6-8(7)10/h2-9H2,1H3,(H,11,12);3-6H,2,10H2,1H3. The fourth-order valence-electron chi connectivity index (χ4n) is 2.13. The van der Waals surface area contributed by atoms with Crippen LogP contribution in [0.25, 0.3) is 0 Å². The molecular formula is C19H31NO4. The second-order valence-electron chi connectivity index (χ2n) is 5.57. The number of hydrogen-bond donors (Lipinski definition) is 2. The van der Waals surface area contributed by atoms with Crippen molar-refractivity contribution in [2.24, 2.45) is 0 Å². The van der Waals surface area contributed by atoms with Gasteiger partial charge in [-0.2, -0.15) is 0 Å². The average Bonchev–Trinajstić information content (AvgIpc) is 2.55. The van der Waals surface area contributed by atoms with E-state index < -0.39 is 5.97 Å². The van der Waals surface area contributed by atoms with E-state index in [0.717, 1.165) is 12.8 Å². The van der Waals surface area contributed by atoms with Gasteiger partial charge in [-0.25, -0.2) is 4.79 Å². The number of carboxylic acid groups (broad SMARTS) is 1. The number of hydrogen-bond acceptors (Lipinski definition) is 4. The summed E-state index contributed by atoms with van der Waals surface area (Å²) in [4.78, 5) is 21.3. The Kier molecular flexibility index (Phi) is 13.3. The summed E-state index contributed by atoms with van der Waals surface area (Å²) in [5, 5.41) is 8.35. The van der Waals surface area contributed by atoms with Crippen molar-refractivity contribution in [2.75, 3.05) is 12.3 Å². The lowest BCUT2D eigenvalue weighted by molar-refractivity contribution is -0.137. The number of nitrogen functional groups attached to an aromatic ring is 1. The summed E-state index contributed by atoms with van der Waals surface area (Å²) in [6.45, 7) is 4.33. The molecule has 1 rings (SSSR count). The number of para-hydroxylation sites is 1. The van der Waals surface area contributed by atoms with Gasteiger partial charge in [0.25, 0.3) is 0 Å². The van der Waals surface area contributed by atoms with Gasteiger partial charge >= 0.3 is 11.9 Å². The lowest BCUT2D eigenvalue weighted by atomic mass is 10.1. The van der Waals surface area contributed by atoms with Crippen LogP contribution in [0.1, 0.15) is 75.6 Å². The lowest BCUT2D eigenvalue weighted by Gasteiger charge is -2.03. The molecule has 0 aliphatic heterocycles. The topological polar surface area (TPSA) is 89.6 Å². The number of benzene rings is 1. The summed E-state index contributed by atoms with van der Waals surface area (Å²) in [6, 6.07) is 6.85. The Morgan fingerprint density at radius 3 is 2.12 bits per heavy atom. The van der Waals surface area contributed by atoms with Crippen LogP contribution in [0.3, 0.4) is 0 Å². The molecule has 1 aromatic rings. The van der Waals surface area contributed by atoms with Crippen LogP contribution in [-0.2, 0) is 9.53 Å². The molecule has 0 radical (unpaired) electrons. The van der Waals surface area contributed by atoms with Crippen molar-refractivity contribution in [1.29, 1.82) is 0 Å². The van der Waals surface area contributed by atoms with Crippen LogP contribution >= 0.6 is 0 Å². The van der Waals surface area contributed by atoms with E-state index in [1.165, 1.54) is 32.1 Å². The van der Waals surface area contributed by atoms with Gasteiger partial charge in [0.1, 0.15) is 0 Å². The van der Waals surface area contributed by atoms with Crippen molar-refractivity contribution in [1.82, 2.24) is 0 Å². The van der Waals surface area contributed by atoms with E-state index in [0.29, 0.717) is 24.3 Å². The van der Waals surface area contributed by atoms with E-state index in [4.69, 9.17) is 15.6 Å². The minimum Gasteiger partial charge on any atom is -0.481 e. The highest BCUT2D eigenvalue weighted by molar-refractivity contribution is 5.94.